The molecule has 2 aliphatic rings. The van der Waals surface area contributed by atoms with Crippen molar-refractivity contribution < 1.29 is 19.2 Å². The van der Waals surface area contributed by atoms with Crippen LogP contribution in [0.5, 0.6) is 0 Å². The SMILES string of the molecule is CC1(C)CC[C@@H](c2ccc3c(c2)CCC(=O)N3)N(C(=O)C(=O)Nc2cncc(C(N)=O)c2)C1. The molecule has 9 heteroatoms. The number of carbonyl (C=O) groups excluding carboxylic acids is 4. The molecule has 1 fully saturated rings. The molecule has 9 nitrogen and oxygen atoms in total. The maximum atomic E-state index is 13.3. The lowest BCUT2D eigenvalue weighted by molar-refractivity contribution is -0.147. The van der Waals surface area contributed by atoms with Gasteiger partial charge in [-0.2, -0.15) is 0 Å². The molecular weight excluding hydrogens is 422 g/mol. The van der Waals surface area contributed by atoms with E-state index in [1.807, 2.05) is 18.2 Å². The maximum absolute atomic E-state index is 13.3. The van der Waals surface area contributed by atoms with Gasteiger partial charge in [0.05, 0.1) is 23.5 Å². The molecular formula is C24H27N5O4. The molecule has 1 aromatic heterocycles. The van der Waals surface area contributed by atoms with Crippen LogP contribution in [0, 0.1) is 5.41 Å². The van der Waals surface area contributed by atoms with Gasteiger partial charge in [-0.1, -0.05) is 26.0 Å². The van der Waals surface area contributed by atoms with Crippen molar-refractivity contribution in [3.05, 3.63) is 53.3 Å². The fourth-order valence-electron chi connectivity index (χ4n) is 4.46. The van der Waals surface area contributed by atoms with E-state index in [1.165, 1.54) is 18.5 Å². The summed E-state index contributed by atoms with van der Waals surface area (Å²) in [5, 5.41) is 5.41. The zero-order chi connectivity index (χ0) is 23.8. The van der Waals surface area contributed by atoms with Crippen LogP contribution in [0.1, 0.15) is 60.6 Å². The average molecular weight is 450 g/mol. The van der Waals surface area contributed by atoms with Crippen molar-refractivity contribution in [1.29, 1.82) is 0 Å². The van der Waals surface area contributed by atoms with Crippen molar-refractivity contribution in [3.8, 4) is 0 Å². The molecule has 4 rings (SSSR count). The number of amides is 4. The summed E-state index contributed by atoms with van der Waals surface area (Å²) in [5.74, 6) is -2.13. The zero-order valence-electron chi connectivity index (χ0n) is 18.7. The van der Waals surface area contributed by atoms with Crippen LogP contribution in [0.3, 0.4) is 0 Å². The van der Waals surface area contributed by atoms with E-state index in [9.17, 15) is 19.2 Å². The molecule has 2 aromatic rings. The Hall–Kier alpha value is -3.75. The first-order chi connectivity index (χ1) is 15.6. The van der Waals surface area contributed by atoms with Crippen LogP contribution in [0.2, 0.25) is 0 Å². The van der Waals surface area contributed by atoms with Crippen LogP contribution in [-0.4, -0.2) is 40.1 Å². The van der Waals surface area contributed by atoms with Gasteiger partial charge in [0.1, 0.15) is 0 Å². The van der Waals surface area contributed by atoms with E-state index in [0.29, 0.717) is 19.4 Å². The lowest BCUT2D eigenvalue weighted by Gasteiger charge is -2.43. The van der Waals surface area contributed by atoms with Crippen LogP contribution in [0.4, 0.5) is 11.4 Å². The van der Waals surface area contributed by atoms with Gasteiger partial charge in [-0.05, 0) is 47.9 Å². The van der Waals surface area contributed by atoms with Crippen molar-refractivity contribution >= 4 is 35.0 Å². The summed E-state index contributed by atoms with van der Waals surface area (Å²) in [5.41, 5.74) is 8.26. The van der Waals surface area contributed by atoms with E-state index < -0.39 is 17.7 Å². The largest absolute Gasteiger partial charge is 0.366 e. The number of aryl methyl sites for hydroxylation is 1. The Balaban J connectivity index is 1.58. The fraction of sp³-hybridized carbons (Fsp3) is 0.375. The second-order valence-corrected chi connectivity index (χ2v) is 9.40. The topological polar surface area (TPSA) is 134 Å². The van der Waals surface area contributed by atoms with Crippen molar-refractivity contribution in [1.82, 2.24) is 9.88 Å². The molecule has 3 heterocycles. The molecule has 0 saturated carbocycles. The summed E-state index contributed by atoms with van der Waals surface area (Å²) in [7, 11) is 0. The number of hydrogen-bond acceptors (Lipinski definition) is 5. The first-order valence-electron chi connectivity index (χ1n) is 10.9. The lowest BCUT2D eigenvalue weighted by atomic mass is 9.79. The minimum Gasteiger partial charge on any atom is -0.366 e. The van der Waals surface area contributed by atoms with E-state index in [0.717, 1.165) is 29.7 Å². The Labute approximate surface area is 191 Å². The van der Waals surface area contributed by atoms with E-state index in [2.05, 4.69) is 29.5 Å². The van der Waals surface area contributed by atoms with Gasteiger partial charge in [0.25, 0.3) is 0 Å². The van der Waals surface area contributed by atoms with Gasteiger partial charge >= 0.3 is 11.8 Å². The third kappa shape index (κ3) is 4.87. The molecule has 0 spiro atoms. The first kappa shape index (κ1) is 22.4. The van der Waals surface area contributed by atoms with E-state index >= 15 is 0 Å². The number of anilines is 2. The normalized spacial score (nSPS) is 19.3. The predicted molar refractivity (Wildman–Crippen MR) is 122 cm³/mol. The van der Waals surface area contributed by atoms with Gasteiger partial charge < -0.3 is 21.3 Å². The second-order valence-electron chi connectivity index (χ2n) is 9.40. The van der Waals surface area contributed by atoms with Crippen LogP contribution in [-0.2, 0) is 20.8 Å². The average Bonchev–Trinajstić information content (AvgIpc) is 2.77. The maximum Gasteiger partial charge on any atom is 0.313 e. The lowest BCUT2D eigenvalue weighted by Crippen LogP contribution is -2.49. The third-order valence-electron chi connectivity index (χ3n) is 6.21. The number of fused-ring (bicyclic) bond motifs is 1. The van der Waals surface area contributed by atoms with Gasteiger partial charge in [0, 0.05) is 24.8 Å². The minimum absolute atomic E-state index is 0.00182. The number of piperidine rings is 1. The number of benzene rings is 1. The zero-order valence-corrected chi connectivity index (χ0v) is 18.7. The summed E-state index contributed by atoms with van der Waals surface area (Å²) in [4.78, 5) is 54.7. The number of likely N-dealkylation sites (tertiary alicyclic amines) is 1. The van der Waals surface area contributed by atoms with Crippen molar-refractivity contribution in [3.63, 3.8) is 0 Å². The molecule has 0 radical (unpaired) electrons. The Morgan fingerprint density at radius 2 is 1.97 bits per heavy atom. The van der Waals surface area contributed by atoms with Gasteiger partial charge in [-0.25, -0.2) is 0 Å². The number of rotatable bonds is 3. The van der Waals surface area contributed by atoms with Gasteiger partial charge in [0.2, 0.25) is 11.8 Å². The third-order valence-corrected chi connectivity index (χ3v) is 6.21. The van der Waals surface area contributed by atoms with Crippen LogP contribution >= 0.6 is 0 Å². The van der Waals surface area contributed by atoms with Gasteiger partial charge in [-0.15, -0.1) is 0 Å². The minimum atomic E-state index is -0.800. The summed E-state index contributed by atoms with van der Waals surface area (Å²) in [6, 6.07) is 6.93. The smallest absolute Gasteiger partial charge is 0.313 e. The number of primary amides is 1. The summed E-state index contributed by atoms with van der Waals surface area (Å²) >= 11 is 0. The number of carbonyl (C=O) groups is 4. The number of nitrogens with two attached hydrogens (primary N) is 1. The van der Waals surface area contributed by atoms with Crippen molar-refractivity contribution in [2.24, 2.45) is 11.1 Å². The molecule has 0 bridgehead atoms. The number of nitrogens with zero attached hydrogens (tertiary/aromatic N) is 2. The van der Waals surface area contributed by atoms with Crippen molar-refractivity contribution in [2.45, 2.75) is 45.6 Å². The Bertz CT molecular complexity index is 1140. The summed E-state index contributed by atoms with van der Waals surface area (Å²) in [6.45, 7) is 4.57. The van der Waals surface area contributed by atoms with Crippen LogP contribution in [0.25, 0.3) is 0 Å². The van der Waals surface area contributed by atoms with Gasteiger partial charge in [0.15, 0.2) is 0 Å². The quantitative estimate of drug-likeness (QED) is 0.619. The van der Waals surface area contributed by atoms with Gasteiger partial charge in [-0.3, -0.25) is 24.2 Å². The highest BCUT2D eigenvalue weighted by atomic mass is 16.2. The highest BCUT2D eigenvalue weighted by molar-refractivity contribution is 6.39. The molecule has 1 aromatic carbocycles. The number of aromatic nitrogens is 1. The van der Waals surface area contributed by atoms with E-state index in [1.54, 1.807) is 4.90 Å². The molecule has 4 amide bonds. The Morgan fingerprint density at radius 3 is 2.73 bits per heavy atom. The first-order valence-corrected chi connectivity index (χ1v) is 10.9. The molecule has 4 N–H and O–H groups in total. The predicted octanol–water partition coefficient (Wildman–Crippen LogP) is 2.39. The van der Waals surface area contributed by atoms with Crippen LogP contribution in [0.15, 0.2) is 36.7 Å². The highest BCUT2D eigenvalue weighted by Gasteiger charge is 2.39. The summed E-state index contributed by atoms with van der Waals surface area (Å²) < 4.78 is 0. The van der Waals surface area contributed by atoms with Crippen LogP contribution < -0.4 is 16.4 Å². The highest BCUT2D eigenvalue weighted by Crippen LogP contribution is 2.40. The van der Waals surface area contributed by atoms with E-state index in [-0.39, 0.29) is 28.6 Å². The number of pyridine rings is 1. The number of nitrogens with one attached hydrogen (secondary N) is 2. The molecule has 172 valence electrons. The standard InChI is InChI=1S/C24H27N5O4/c1-24(2)8-7-19(15-3-5-18-14(9-15)4-6-20(30)28-18)29(13-24)23(33)22(32)27-17-10-16(21(25)31)11-26-12-17/h3,5,9-12,19H,4,6-8,13H2,1-2H3,(H2,25,31)(H,27,32)(H,28,30)/t19-/m0/s1. The number of hydrogen-bond donors (Lipinski definition) is 3. The molecule has 0 unspecified atom stereocenters. The van der Waals surface area contributed by atoms with Crippen molar-refractivity contribution in [2.75, 3.05) is 17.2 Å². The molecule has 1 atom stereocenters. The molecule has 33 heavy (non-hydrogen) atoms. The fourth-order valence-corrected chi connectivity index (χ4v) is 4.46. The Kier molecular flexibility index (Phi) is 5.88. The molecule has 2 aliphatic heterocycles. The molecule has 0 aliphatic carbocycles. The monoisotopic (exact) mass is 449 g/mol. The molecule has 1 saturated heterocycles. The Morgan fingerprint density at radius 1 is 1.18 bits per heavy atom. The summed E-state index contributed by atoms with van der Waals surface area (Å²) in [6.07, 6.45) is 5.34. The second kappa shape index (κ2) is 8.65. The van der Waals surface area contributed by atoms with E-state index in [4.69, 9.17) is 5.73 Å².